The van der Waals surface area contributed by atoms with Gasteiger partial charge in [-0.2, -0.15) is 0 Å². The van der Waals surface area contributed by atoms with E-state index in [0.29, 0.717) is 25.0 Å². The van der Waals surface area contributed by atoms with Gasteiger partial charge in [0.25, 0.3) is 0 Å². The zero-order chi connectivity index (χ0) is 13.7. The van der Waals surface area contributed by atoms with E-state index in [4.69, 9.17) is 5.11 Å². The zero-order valence-corrected chi connectivity index (χ0v) is 10.7. The lowest BCUT2D eigenvalue weighted by Gasteiger charge is -2.11. The van der Waals surface area contributed by atoms with Crippen molar-refractivity contribution in [2.24, 2.45) is 4.99 Å². The van der Waals surface area contributed by atoms with Crippen molar-refractivity contribution in [3.63, 3.8) is 0 Å². The van der Waals surface area contributed by atoms with Crippen LogP contribution in [-0.2, 0) is 11.2 Å². The number of nitrogens with zero attached hydrogens (tertiary/aromatic N) is 1. The number of allylic oxidation sites excluding steroid dienone is 2. The van der Waals surface area contributed by atoms with Crippen molar-refractivity contribution >= 4 is 12.0 Å². The summed E-state index contributed by atoms with van der Waals surface area (Å²) in [6.45, 7) is 0.550. The first-order valence-corrected chi connectivity index (χ1v) is 6.40. The minimum atomic E-state index is -0.0304. The molecule has 1 aromatic carbocycles. The second kappa shape index (κ2) is 6.18. The number of phenols is 1. The van der Waals surface area contributed by atoms with Gasteiger partial charge in [0.15, 0.2) is 5.78 Å². The van der Waals surface area contributed by atoms with Gasteiger partial charge in [-0.1, -0.05) is 12.1 Å². The van der Waals surface area contributed by atoms with E-state index in [2.05, 4.69) is 4.99 Å². The molecule has 0 spiro atoms. The Morgan fingerprint density at radius 3 is 2.58 bits per heavy atom. The Balaban J connectivity index is 1.90. The number of hydrogen-bond acceptors (Lipinski definition) is 4. The topological polar surface area (TPSA) is 69.9 Å². The minimum Gasteiger partial charge on any atom is -0.512 e. The van der Waals surface area contributed by atoms with Gasteiger partial charge in [-0.25, -0.2) is 0 Å². The van der Waals surface area contributed by atoms with Gasteiger partial charge in [-0.05, 0) is 30.5 Å². The Kier molecular flexibility index (Phi) is 4.34. The van der Waals surface area contributed by atoms with Crippen molar-refractivity contribution in [2.75, 3.05) is 6.54 Å². The van der Waals surface area contributed by atoms with E-state index in [0.717, 1.165) is 18.4 Å². The third-order valence-electron chi connectivity index (χ3n) is 3.12. The molecule has 0 amide bonds. The fourth-order valence-electron chi connectivity index (χ4n) is 2.01. The monoisotopic (exact) mass is 259 g/mol. The predicted octanol–water partition coefficient (Wildman–Crippen LogP) is 2.57. The first-order valence-electron chi connectivity index (χ1n) is 6.40. The van der Waals surface area contributed by atoms with Gasteiger partial charge < -0.3 is 10.2 Å². The van der Waals surface area contributed by atoms with Gasteiger partial charge in [0.05, 0.1) is 5.57 Å². The smallest absolute Gasteiger partial charge is 0.167 e. The molecule has 4 nitrogen and oxygen atoms in total. The number of ketones is 1. The number of aliphatic imine (C=N–C) groups is 1. The fraction of sp³-hybridized carbons (Fsp3) is 0.333. The second-order valence-corrected chi connectivity index (χ2v) is 4.59. The first kappa shape index (κ1) is 13.3. The number of aliphatic hydroxyl groups excluding tert-OH is 1. The molecule has 0 radical (unpaired) electrons. The molecule has 1 aliphatic carbocycles. The van der Waals surface area contributed by atoms with E-state index >= 15 is 0 Å². The number of benzene rings is 1. The highest BCUT2D eigenvalue weighted by Crippen LogP contribution is 2.18. The van der Waals surface area contributed by atoms with Crippen LogP contribution in [0.3, 0.4) is 0 Å². The van der Waals surface area contributed by atoms with Gasteiger partial charge in [0.2, 0.25) is 0 Å². The van der Waals surface area contributed by atoms with Crippen molar-refractivity contribution in [1.29, 1.82) is 0 Å². The molecule has 4 heteroatoms. The lowest BCUT2D eigenvalue weighted by Crippen LogP contribution is -2.12. The fourth-order valence-corrected chi connectivity index (χ4v) is 2.01. The highest BCUT2D eigenvalue weighted by Gasteiger charge is 2.17. The van der Waals surface area contributed by atoms with Crippen LogP contribution < -0.4 is 0 Å². The molecule has 1 aliphatic rings. The summed E-state index contributed by atoms with van der Waals surface area (Å²) in [5.74, 6) is 0.372. The van der Waals surface area contributed by atoms with Gasteiger partial charge in [0, 0.05) is 25.6 Å². The molecule has 2 rings (SSSR count). The molecule has 0 atom stereocenters. The number of aromatic hydroxyl groups is 1. The predicted molar refractivity (Wildman–Crippen MR) is 73.7 cm³/mol. The normalized spacial score (nSPS) is 16.3. The number of carbonyl (C=O) groups excluding carboxylic acids is 1. The number of Topliss-reactive ketones (excluding diaryl/α,β-unsaturated/α-hetero) is 1. The van der Waals surface area contributed by atoms with Crippen LogP contribution in [0, 0.1) is 0 Å². The molecule has 1 aromatic rings. The first-order chi connectivity index (χ1) is 9.16. The third kappa shape index (κ3) is 3.68. The largest absolute Gasteiger partial charge is 0.512 e. The van der Waals surface area contributed by atoms with Crippen LogP contribution in [0.1, 0.15) is 24.8 Å². The summed E-state index contributed by atoms with van der Waals surface area (Å²) in [5, 5.41) is 18.8. The Hall–Kier alpha value is -2.10. The summed E-state index contributed by atoms with van der Waals surface area (Å²) in [6.07, 6.45) is 3.99. The maximum absolute atomic E-state index is 11.6. The standard InChI is InChI=1S/C15H17NO3/c17-12-6-4-11(5-7-12)8-9-16-10-13-14(18)2-1-3-15(13)19/h4-7,10,17-18H,1-3,8-9H2. The Morgan fingerprint density at radius 2 is 1.89 bits per heavy atom. The molecule has 0 heterocycles. The second-order valence-electron chi connectivity index (χ2n) is 4.59. The van der Waals surface area contributed by atoms with Crippen LogP contribution in [0.15, 0.2) is 40.6 Å². The van der Waals surface area contributed by atoms with Crippen molar-refractivity contribution in [2.45, 2.75) is 25.7 Å². The molecule has 0 bridgehead atoms. The van der Waals surface area contributed by atoms with E-state index < -0.39 is 0 Å². The molecule has 100 valence electrons. The van der Waals surface area contributed by atoms with Crippen molar-refractivity contribution in [3.05, 3.63) is 41.2 Å². The van der Waals surface area contributed by atoms with Gasteiger partial charge in [0.1, 0.15) is 11.5 Å². The van der Waals surface area contributed by atoms with E-state index in [-0.39, 0.29) is 17.3 Å². The summed E-state index contributed by atoms with van der Waals surface area (Å²) in [6, 6.07) is 6.96. The average Bonchev–Trinajstić information content (AvgIpc) is 2.39. The highest BCUT2D eigenvalue weighted by molar-refractivity contribution is 6.14. The van der Waals surface area contributed by atoms with Crippen molar-refractivity contribution in [3.8, 4) is 5.75 Å². The summed E-state index contributed by atoms with van der Waals surface area (Å²) >= 11 is 0. The Labute approximate surface area is 112 Å². The maximum atomic E-state index is 11.6. The summed E-state index contributed by atoms with van der Waals surface area (Å²) in [7, 11) is 0. The molecule has 0 saturated heterocycles. The number of hydrogen-bond donors (Lipinski definition) is 2. The van der Waals surface area contributed by atoms with Crippen LogP contribution in [0.5, 0.6) is 5.75 Å². The van der Waals surface area contributed by atoms with Gasteiger partial charge >= 0.3 is 0 Å². The van der Waals surface area contributed by atoms with Crippen molar-refractivity contribution < 1.29 is 15.0 Å². The Bertz CT molecular complexity index is 515. The number of phenolic OH excluding ortho intramolecular Hbond substituents is 1. The van der Waals surface area contributed by atoms with Crippen LogP contribution >= 0.6 is 0 Å². The van der Waals surface area contributed by atoms with E-state index in [1.54, 1.807) is 12.1 Å². The summed E-state index contributed by atoms with van der Waals surface area (Å²) in [5.41, 5.74) is 1.43. The molecule has 19 heavy (non-hydrogen) atoms. The Morgan fingerprint density at radius 1 is 1.16 bits per heavy atom. The van der Waals surface area contributed by atoms with Crippen LogP contribution in [-0.4, -0.2) is 28.8 Å². The van der Waals surface area contributed by atoms with Gasteiger partial charge in [-0.15, -0.1) is 0 Å². The minimum absolute atomic E-state index is 0.0304. The zero-order valence-electron chi connectivity index (χ0n) is 10.7. The molecule has 0 saturated carbocycles. The molecule has 0 fully saturated rings. The molecule has 0 unspecified atom stereocenters. The molecule has 2 N–H and O–H groups in total. The quantitative estimate of drug-likeness (QED) is 0.816. The lowest BCUT2D eigenvalue weighted by atomic mass is 9.97. The van der Waals surface area contributed by atoms with Crippen molar-refractivity contribution in [1.82, 2.24) is 0 Å². The number of rotatable bonds is 4. The average molecular weight is 259 g/mol. The van der Waals surface area contributed by atoms with Crippen LogP contribution in [0.2, 0.25) is 0 Å². The summed E-state index contributed by atoms with van der Waals surface area (Å²) in [4.78, 5) is 15.8. The van der Waals surface area contributed by atoms with E-state index in [1.165, 1.54) is 6.21 Å². The number of carbonyl (C=O) groups is 1. The highest BCUT2D eigenvalue weighted by atomic mass is 16.3. The molecule has 0 aliphatic heterocycles. The molecule has 0 aromatic heterocycles. The third-order valence-corrected chi connectivity index (χ3v) is 3.12. The summed E-state index contributed by atoms with van der Waals surface area (Å²) < 4.78 is 0. The molecular formula is C15H17NO3. The van der Waals surface area contributed by atoms with Gasteiger partial charge in [-0.3, -0.25) is 9.79 Å². The SMILES string of the molecule is O=C1CCCC(O)=C1C=NCCc1ccc(O)cc1. The van der Waals surface area contributed by atoms with E-state index in [1.807, 2.05) is 12.1 Å². The van der Waals surface area contributed by atoms with Crippen LogP contribution in [0.25, 0.3) is 0 Å². The lowest BCUT2D eigenvalue weighted by molar-refractivity contribution is -0.115. The van der Waals surface area contributed by atoms with Crippen LogP contribution in [0.4, 0.5) is 0 Å². The van der Waals surface area contributed by atoms with E-state index in [9.17, 15) is 9.90 Å². The maximum Gasteiger partial charge on any atom is 0.167 e. The number of aliphatic hydroxyl groups is 1. The molecular weight excluding hydrogens is 242 g/mol.